The molecule has 1 amide bonds. The lowest BCUT2D eigenvalue weighted by atomic mass is 9.94. The van der Waals surface area contributed by atoms with Gasteiger partial charge in [0.2, 0.25) is 0 Å². The molecule has 1 aromatic heterocycles. The zero-order chi connectivity index (χ0) is 16.9. The minimum absolute atomic E-state index is 0. The van der Waals surface area contributed by atoms with Gasteiger partial charge in [-0.3, -0.25) is 4.79 Å². The van der Waals surface area contributed by atoms with Crippen molar-refractivity contribution < 1.29 is 13.9 Å². The fourth-order valence-corrected chi connectivity index (χ4v) is 2.11. The van der Waals surface area contributed by atoms with Crippen LogP contribution in [0.25, 0.3) is 11.0 Å². The van der Waals surface area contributed by atoms with Crippen molar-refractivity contribution in [1.29, 1.82) is 0 Å². The molecule has 0 saturated carbocycles. The van der Waals surface area contributed by atoms with Crippen molar-refractivity contribution in [3.63, 3.8) is 0 Å². The van der Waals surface area contributed by atoms with E-state index in [4.69, 9.17) is 14.9 Å². The van der Waals surface area contributed by atoms with Gasteiger partial charge in [-0.05, 0) is 31.0 Å². The zero-order valence-corrected chi connectivity index (χ0v) is 14.7. The van der Waals surface area contributed by atoms with Crippen LogP contribution in [0.1, 0.15) is 26.7 Å². The van der Waals surface area contributed by atoms with Crippen LogP contribution in [0.4, 0.5) is 0 Å². The van der Waals surface area contributed by atoms with Gasteiger partial charge in [-0.15, -0.1) is 12.4 Å². The Hall–Kier alpha value is -2.05. The largest absolute Gasteiger partial charge is 0.484 e. The van der Waals surface area contributed by atoms with Gasteiger partial charge in [0.05, 0.1) is 0 Å². The number of hydrogen-bond donors (Lipinski definition) is 2. The highest BCUT2D eigenvalue weighted by molar-refractivity contribution is 5.85. The number of carbonyl (C=O) groups is 1. The van der Waals surface area contributed by atoms with Gasteiger partial charge >= 0.3 is 5.63 Å². The van der Waals surface area contributed by atoms with Gasteiger partial charge < -0.3 is 20.2 Å². The van der Waals surface area contributed by atoms with Gasteiger partial charge in [0.1, 0.15) is 11.3 Å². The van der Waals surface area contributed by atoms with Gasteiger partial charge in [-0.1, -0.05) is 13.8 Å². The predicted molar refractivity (Wildman–Crippen MR) is 95.7 cm³/mol. The number of fused-ring (bicyclic) bond motifs is 1. The molecule has 0 fully saturated rings. The van der Waals surface area contributed by atoms with Crippen LogP contribution in [0.3, 0.4) is 0 Å². The van der Waals surface area contributed by atoms with Crippen molar-refractivity contribution in [1.82, 2.24) is 5.32 Å². The molecule has 2 aromatic rings. The molecule has 3 N–H and O–H groups in total. The summed E-state index contributed by atoms with van der Waals surface area (Å²) in [7, 11) is 0. The second-order valence-corrected chi connectivity index (χ2v) is 5.59. The molecule has 1 heterocycles. The van der Waals surface area contributed by atoms with Crippen LogP contribution < -0.4 is 21.4 Å². The van der Waals surface area contributed by atoms with E-state index in [0.29, 0.717) is 17.9 Å². The summed E-state index contributed by atoms with van der Waals surface area (Å²) in [6, 6.07) is 8.12. The van der Waals surface area contributed by atoms with Crippen LogP contribution in [0.5, 0.6) is 5.75 Å². The number of hydrogen-bond acceptors (Lipinski definition) is 5. The second kappa shape index (κ2) is 8.70. The number of halogens is 1. The van der Waals surface area contributed by atoms with Crippen molar-refractivity contribution in [2.75, 3.05) is 13.2 Å². The molecular weight excluding hydrogens is 332 g/mol. The normalized spacial score (nSPS) is 11.0. The van der Waals surface area contributed by atoms with E-state index in [0.717, 1.165) is 18.2 Å². The summed E-state index contributed by atoms with van der Waals surface area (Å²) in [5.41, 5.74) is 5.74. The molecule has 0 radical (unpaired) electrons. The van der Waals surface area contributed by atoms with Crippen molar-refractivity contribution >= 4 is 29.3 Å². The lowest BCUT2D eigenvalue weighted by molar-refractivity contribution is -0.123. The average Bonchev–Trinajstić information content (AvgIpc) is 2.57. The molecule has 6 nitrogen and oxygen atoms in total. The minimum atomic E-state index is -0.425. The van der Waals surface area contributed by atoms with E-state index in [-0.39, 0.29) is 30.5 Å². The molecule has 1 aromatic carbocycles. The van der Waals surface area contributed by atoms with Crippen molar-refractivity contribution in [3.05, 3.63) is 40.8 Å². The molecule has 0 unspecified atom stereocenters. The first-order chi connectivity index (χ1) is 11.0. The molecule has 24 heavy (non-hydrogen) atoms. The number of rotatable bonds is 7. The summed E-state index contributed by atoms with van der Waals surface area (Å²) < 4.78 is 10.5. The highest BCUT2D eigenvalue weighted by Gasteiger charge is 2.20. The quantitative estimate of drug-likeness (QED) is 0.743. The monoisotopic (exact) mass is 354 g/mol. The highest BCUT2D eigenvalue weighted by atomic mass is 35.5. The number of ether oxygens (including phenoxy) is 1. The highest BCUT2D eigenvalue weighted by Crippen LogP contribution is 2.19. The van der Waals surface area contributed by atoms with Gasteiger partial charge in [0.25, 0.3) is 5.91 Å². The van der Waals surface area contributed by atoms with E-state index in [1.165, 1.54) is 6.07 Å². The lowest BCUT2D eigenvalue weighted by Gasteiger charge is -2.26. The molecule has 2 rings (SSSR count). The van der Waals surface area contributed by atoms with E-state index in [1.54, 1.807) is 24.3 Å². The van der Waals surface area contributed by atoms with Crippen molar-refractivity contribution in [2.24, 2.45) is 5.73 Å². The molecule has 0 aliphatic heterocycles. The van der Waals surface area contributed by atoms with Crippen LogP contribution in [-0.2, 0) is 4.79 Å². The van der Waals surface area contributed by atoms with Gasteiger partial charge in [-0.25, -0.2) is 4.79 Å². The second-order valence-electron chi connectivity index (χ2n) is 5.59. The van der Waals surface area contributed by atoms with Gasteiger partial charge in [0, 0.05) is 29.6 Å². The van der Waals surface area contributed by atoms with E-state index in [2.05, 4.69) is 5.32 Å². The lowest BCUT2D eigenvalue weighted by Crippen LogP contribution is -2.50. The SMILES string of the molecule is CCC(N)(CC)CNC(=O)COc1ccc2ccc(=O)oc2c1.Cl. The topological polar surface area (TPSA) is 94.6 Å². The number of nitrogens with two attached hydrogens (primary N) is 1. The maximum Gasteiger partial charge on any atom is 0.336 e. The standard InChI is InChI=1S/C17H22N2O4.ClH/c1-3-17(18,4-2)11-19-15(20)10-22-13-7-5-12-6-8-16(21)23-14(12)9-13;/h5-9H,3-4,10-11,18H2,1-2H3,(H,19,20);1H. The predicted octanol–water partition coefficient (Wildman–Crippen LogP) is 2.23. The Morgan fingerprint density at radius 3 is 2.58 bits per heavy atom. The Labute approximate surface area is 146 Å². The van der Waals surface area contributed by atoms with E-state index >= 15 is 0 Å². The molecule has 132 valence electrons. The molecule has 7 heteroatoms. The summed E-state index contributed by atoms with van der Waals surface area (Å²) in [6.07, 6.45) is 1.57. The van der Waals surface area contributed by atoms with Crippen LogP contribution in [0.2, 0.25) is 0 Å². The summed E-state index contributed by atoms with van der Waals surface area (Å²) in [4.78, 5) is 23.1. The third kappa shape index (κ3) is 5.25. The van der Waals surface area contributed by atoms with Crippen molar-refractivity contribution in [2.45, 2.75) is 32.2 Å². The van der Waals surface area contributed by atoms with Crippen LogP contribution in [-0.4, -0.2) is 24.6 Å². The molecule has 0 saturated heterocycles. The Morgan fingerprint density at radius 1 is 1.25 bits per heavy atom. The first kappa shape index (κ1) is 20.0. The molecule has 0 bridgehead atoms. The van der Waals surface area contributed by atoms with Crippen LogP contribution in [0.15, 0.2) is 39.5 Å². The average molecular weight is 355 g/mol. The van der Waals surface area contributed by atoms with E-state index in [9.17, 15) is 9.59 Å². The number of amides is 1. The molecular formula is C17H23ClN2O4. The fraction of sp³-hybridized carbons (Fsp3) is 0.412. The first-order valence-electron chi connectivity index (χ1n) is 7.68. The van der Waals surface area contributed by atoms with E-state index in [1.807, 2.05) is 13.8 Å². The first-order valence-corrected chi connectivity index (χ1v) is 7.68. The molecule has 0 spiro atoms. The molecule has 0 atom stereocenters. The Balaban J connectivity index is 0.00000288. The van der Waals surface area contributed by atoms with Crippen molar-refractivity contribution in [3.8, 4) is 5.75 Å². The molecule has 0 aliphatic carbocycles. The van der Waals surface area contributed by atoms with Crippen LogP contribution in [0, 0.1) is 0 Å². The molecule has 0 aliphatic rings. The fourth-order valence-electron chi connectivity index (χ4n) is 2.11. The zero-order valence-electron chi connectivity index (χ0n) is 13.8. The third-order valence-corrected chi connectivity index (χ3v) is 4.01. The number of carbonyl (C=O) groups excluding carboxylic acids is 1. The number of benzene rings is 1. The smallest absolute Gasteiger partial charge is 0.336 e. The van der Waals surface area contributed by atoms with Crippen LogP contribution >= 0.6 is 12.4 Å². The maximum atomic E-state index is 11.8. The summed E-state index contributed by atoms with van der Waals surface area (Å²) in [6.45, 7) is 4.28. The third-order valence-electron chi connectivity index (χ3n) is 4.01. The number of nitrogens with one attached hydrogen (secondary N) is 1. The maximum absolute atomic E-state index is 11.8. The summed E-state index contributed by atoms with van der Waals surface area (Å²) in [5, 5.41) is 3.57. The Bertz CT molecular complexity index is 741. The Morgan fingerprint density at radius 2 is 1.92 bits per heavy atom. The van der Waals surface area contributed by atoms with E-state index < -0.39 is 5.63 Å². The summed E-state index contributed by atoms with van der Waals surface area (Å²) >= 11 is 0. The van der Waals surface area contributed by atoms with Gasteiger partial charge in [-0.2, -0.15) is 0 Å². The summed E-state index contributed by atoms with van der Waals surface area (Å²) in [5.74, 6) is 0.225. The minimum Gasteiger partial charge on any atom is -0.484 e. The Kier molecular flexibility index (Phi) is 7.25. The van der Waals surface area contributed by atoms with Gasteiger partial charge in [0.15, 0.2) is 6.61 Å².